The number of imidazole rings is 1. The molecule has 3 nitrogen and oxygen atoms in total. The van der Waals surface area contributed by atoms with Crippen molar-refractivity contribution >= 4 is 22.0 Å². The van der Waals surface area contributed by atoms with E-state index in [1.54, 1.807) is 0 Å². The van der Waals surface area contributed by atoms with E-state index >= 15 is 0 Å². The lowest BCUT2D eigenvalue weighted by atomic mass is 9.82. The van der Waals surface area contributed by atoms with Crippen LogP contribution in [0, 0.1) is 5.92 Å². The molecule has 7 rings (SSSR count). The van der Waals surface area contributed by atoms with Gasteiger partial charge in [0, 0.05) is 16.5 Å². The molecule has 0 atom stereocenters. The topological polar surface area (TPSA) is 31.0 Å². The minimum atomic E-state index is -0.0427. The standard InChI is InChI=1S/C41H38N2O/c1-27(2)22-28-20-21-38-34(23-28)35(26-44-38)40-42-36-18-12-13-19-37(36)43(40)39-32(29-14-8-6-9-15-29)24-31(41(3,4)5)25-33(39)30-16-10-7-11-17-30/h6-21,23-27H,22H2,1-5H3. The van der Waals surface area contributed by atoms with Crippen LogP contribution in [0.15, 0.2) is 126 Å². The van der Waals surface area contributed by atoms with E-state index < -0.39 is 0 Å². The van der Waals surface area contributed by atoms with Gasteiger partial charge in [0.1, 0.15) is 17.7 Å². The maximum Gasteiger partial charge on any atom is 0.149 e. The van der Waals surface area contributed by atoms with E-state index in [1.807, 2.05) is 6.26 Å². The second kappa shape index (κ2) is 11.0. The third-order valence-corrected chi connectivity index (χ3v) is 8.45. The van der Waals surface area contributed by atoms with Gasteiger partial charge < -0.3 is 4.42 Å². The molecule has 0 amide bonds. The van der Waals surface area contributed by atoms with Crippen molar-refractivity contribution in [1.29, 1.82) is 0 Å². The molecule has 0 aliphatic rings. The second-order valence-corrected chi connectivity index (χ2v) is 13.2. The van der Waals surface area contributed by atoms with Crippen LogP contribution in [0.5, 0.6) is 0 Å². The summed E-state index contributed by atoms with van der Waals surface area (Å²) in [7, 11) is 0. The van der Waals surface area contributed by atoms with Crippen LogP contribution in [0.2, 0.25) is 0 Å². The molecule has 0 radical (unpaired) electrons. The van der Waals surface area contributed by atoms with Crippen LogP contribution in [-0.2, 0) is 11.8 Å². The highest BCUT2D eigenvalue weighted by Gasteiger charge is 2.26. The molecule has 0 spiro atoms. The predicted octanol–water partition coefficient (Wildman–Crippen LogP) is 11.3. The van der Waals surface area contributed by atoms with Crippen LogP contribution in [0.3, 0.4) is 0 Å². The van der Waals surface area contributed by atoms with Gasteiger partial charge in [0.2, 0.25) is 0 Å². The molecule has 2 aromatic heterocycles. The van der Waals surface area contributed by atoms with Gasteiger partial charge >= 0.3 is 0 Å². The Morgan fingerprint density at radius 3 is 1.93 bits per heavy atom. The van der Waals surface area contributed by atoms with Gasteiger partial charge in [0.25, 0.3) is 0 Å². The van der Waals surface area contributed by atoms with Crippen molar-refractivity contribution < 1.29 is 4.42 Å². The molecule has 3 heteroatoms. The first-order valence-electron chi connectivity index (χ1n) is 15.6. The zero-order chi connectivity index (χ0) is 30.4. The Labute approximate surface area is 259 Å². The monoisotopic (exact) mass is 574 g/mol. The minimum absolute atomic E-state index is 0.0427. The van der Waals surface area contributed by atoms with Crippen LogP contribution in [-0.4, -0.2) is 9.55 Å². The van der Waals surface area contributed by atoms with Gasteiger partial charge in [-0.2, -0.15) is 0 Å². The number of rotatable bonds is 6. The molecule has 218 valence electrons. The van der Waals surface area contributed by atoms with Gasteiger partial charge in [-0.1, -0.05) is 113 Å². The summed E-state index contributed by atoms with van der Waals surface area (Å²) >= 11 is 0. The molecule has 0 bridgehead atoms. The highest BCUT2D eigenvalue weighted by Crippen LogP contribution is 2.44. The lowest BCUT2D eigenvalue weighted by molar-refractivity contribution is 0.590. The average Bonchev–Trinajstić information content (AvgIpc) is 3.61. The number of para-hydroxylation sites is 2. The summed E-state index contributed by atoms with van der Waals surface area (Å²) < 4.78 is 8.56. The van der Waals surface area contributed by atoms with Crippen molar-refractivity contribution in [2.75, 3.05) is 0 Å². The Morgan fingerprint density at radius 1 is 0.705 bits per heavy atom. The second-order valence-electron chi connectivity index (χ2n) is 13.2. The SMILES string of the molecule is CC(C)Cc1ccc2occ(-c3nc4ccccc4n3-c3c(-c4ccccc4)cc(C(C)(C)C)cc3-c3ccccc3)c2c1. The fourth-order valence-corrected chi connectivity index (χ4v) is 6.26. The predicted molar refractivity (Wildman–Crippen MR) is 184 cm³/mol. The first-order valence-corrected chi connectivity index (χ1v) is 15.6. The van der Waals surface area contributed by atoms with Gasteiger partial charge in [0.05, 0.1) is 22.3 Å². The van der Waals surface area contributed by atoms with Crippen molar-refractivity contribution in [2.45, 2.75) is 46.5 Å². The highest BCUT2D eigenvalue weighted by atomic mass is 16.3. The maximum absolute atomic E-state index is 6.19. The van der Waals surface area contributed by atoms with E-state index in [-0.39, 0.29) is 5.41 Å². The van der Waals surface area contributed by atoms with Gasteiger partial charge in [-0.05, 0) is 76.4 Å². The maximum atomic E-state index is 6.19. The number of benzene rings is 5. The summed E-state index contributed by atoms with van der Waals surface area (Å²) in [5, 5.41) is 1.09. The summed E-state index contributed by atoms with van der Waals surface area (Å²) in [5.41, 5.74) is 12.3. The molecular weight excluding hydrogens is 536 g/mol. The molecule has 0 fully saturated rings. The third kappa shape index (κ3) is 5.03. The van der Waals surface area contributed by atoms with Crippen LogP contribution in [0.25, 0.3) is 61.3 Å². The Hall–Kier alpha value is -4.89. The molecule has 44 heavy (non-hydrogen) atoms. The molecule has 0 unspecified atom stereocenters. The molecule has 5 aromatic carbocycles. The summed E-state index contributed by atoms with van der Waals surface area (Å²) in [6, 6.07) is 41.3. The quantitative estimate of drug-likeness (QED) is 0.198. The lowest BCUT2D eigenvalue weighted by Crippen LogP contribution is -2.13. The first kappa shape index (κ1) is 27.9. The molecule has 0 N–H and O–H groups in total. The average molecular weight is 575 g/mol. The molecule has 7 aromatic rings. The number of fused-ring (bicyclic) bond motifs is 2. The van der Waals surface area contributed by atoms with E-state index in [4.69, 9.17) is 9.40 Å². The molecule has 2 heterocycles. The summed E-state index contributed by atoms with van der Waals surface area (Å²) in [5.74, 6) is 1.44. The fraction of sp³-hybridized carbons (Fsp3) is 0.195. The number of hydrogen-bond acceptors (Lipinski definition) is 2. The Kier molecular flexibility index (Phi) is 6.97. The van der Waals surface area contributed by atoms with Gasteiger partial charge in [-0.15, -0.1) is 0 Å². The first-order chi connectivity index (χ1) is 21.3. The fourth-order valence-electron chi connectivity index (χ4n) is 6.26. The number of furan rings is 1. The van der Waals surface area contributed by atoms with E-state index in [9.17, 15) is 0 Å². The van der Waals surface area contributed by atoms with Gasteiger partial charge in [-0.3, -0.25) is 4.57 Å². The normalized spacial score (nSPS) is 12.0. The van der Waals surface area contributed by atoms with Crippen molar-refractivity contribution in [3.8, 4) is 39.3 Å². The molecule has 0 saturated heterocycles. The van der Waals surface area contributed by atoms with Crippen LogP contribution >= 0.6 is 0 Å². The van der Waals surface area contributed by atoms with Gasteiger partial charge in [-0.25, -0.2) is 4.98 Å². The smallest absolute Gasteiger partial charge is 0.149 e. The Balaban J connectivity index is 1.62. The number of hydrogen-bond donors (Lipinski definition) is 0. The van der Waals surface area contributed by atoms with Crippen LogP contribution in [0.4, 0.5) is 0 Å². The van der Waals surface area contributed by atoms with E-state index in [2.05, 4.69) is 154 Å². The van der Waals surface area contributed by atoms with E-state index in [0.717, 1.165) is 45.5 Å². The van der Waals surface area contributed by atoms with Crippen LogP contribution in [0.1, 0.15) is 45.7 Å². The van der Waals surface area contributed by atoms with Crippen LogP contribution < -0.4 is 0 Å². The molecule has 0 aliphatic carbocycles. The van der Waals surface area contributed by atoms with E-state index in [1.165, 1.54) is 33.4 Å². The van der Waals surface area contributed by atoms with Crippen molar-refractivity contribution in [1.82, 2.24) is 9.55 Å². The molecule has 0 saturated carbocycles. The molecule has 0 aliphatic heterocycles. The minimum Gasteiger partial charge on any atom is -0.464 e. The van der Waals surface area contributed by atoms with Crippen molar-refractivity contribution in [3.63, 3.8) is 0 Å². The highest BCUT2D eigenvalue weighted by molar-refractivity contribution is 5.98. The largest absolute Gasteiger partial charge is 0.464 e. The Bertz CT molecular complexity index is 2030. The third-order valence-electron chi connectivity index (χ3n) is 8.45. The van der Waals surface area contributed by atoms with Crippen molar-refractivity contribution in [2.24, 2.45) is 5.92 Å². The zero-order valence-corrected chi connectivity index (χ0v) is 26.1. The van der Waals surface area contributed by atoms with Gasteiger partial charge in [0.15, 0.2) is 0 Å². The number of nitrogens with zero attached hydrogens (tertiary/aromatic N) is 2. The van der Waals surface area contributed by atoms with E-state index in [0.29, 0.717) is 5.92 Å². The zero-order valence-electron chi connectivity index (χ0n) is 26.1. The summed E-state index contributed by atoms with van der Waals surface area (Å²) in [6.45, 7) is 11.4. The molecular formula is C41H38N2O. The number of aromatic nitrogens is 2. The Morgan fingerprint density at radius 2 is 1.32 bits per heavy atom. The van der Waals surface area contributed by atoms with Crippen molar-refractivity contribution in [3.05, 3.63) is 133 Å². The summed E-state index contributed by atoms with van der Waals surface area (Å²) in [4.78, 5) is 5.32. The lowest BCUT2D eigenvalue weighted by Gasteiger charge is -2.26. The summed E-state index contributed by atoms with van der Waals surface area (Å²) in [6.07, 6.45) is 2.90.